The molecule has 3 amide bonds. The number of halogens is 1. The highest BCUT2D eigenvalue weighted by molar-refractivity contribution is 6.30. The maximum absolute atomic E-state index is 13.3. The smallest absolute Gasteiger partial charge is 0.254 e. The number of likely N-dealkylation sites (N-methyl/N-ethyl adjacent to an activating group) is 1. The Labute approximate surface area is 247 Å². The lowest BCUT2D eigenvalue weighted by Gasteiger charge is -2.20. The number of likely N-dealkylation sites (tertiary alicyclic amines) is 1. The Hall–Kier alpha value is -4.74. The summed E-state index contributed by atoms with van der Waals surface area (Å²) >= 11 is 6.19. The molecule has 2 aromatic carbocycles. The van der Waals surface area contributed by atoms with Crippen LogP contribution in [0, 0.1) is 0 Å². The van der Waals surface area contributed by atoms with Crippen LogP contribution in [0.5, 0.6) is 0 Å². The van der Waals surface area contributed by atoms with Crippen molar-refractivity contribution in [2.45, 2.75) is 18.9 Å². The number of fused-ring (bicyclic) bond motifs is 1. The van der Waals surface area contributed by atoms with E-state index in [0.29, 0.717) is 57.3 Å². The Balaban J connectivity index is 1.34. The van der Waals surface area contributed by atoms with Crippen LogP contribution in [0.15, 0.2) is 66.4 Å². The van der Waals surface area contributed by atoms with Gasteiger partial charge in [0.05, 0.1) is 12.6 Å². The van der Waals surface area contributed by atoms with Gasteiger partial charge in [-0.1, -0.05) is 23.7 Å². The number of nitrogens with one attached hydrogen (secondary N) is 3. The third kappa shape index (κ3) is 5.69. The molecule has 2 fully saturated rings. The maximum atomic E-state index is 13.3. The molecule has 11 nitrogen and oxygen atoms in total. The van der Waals surface area contributed by atoms with Crippen molar-refractivity contribution in [3.63, 3.8) is 0 Å². The van der Waals surface area contributed by atoms with E-state index in [2.05, 4.69) is 25.9 Å². The van der Waals surface area contributed by atoms with Gasteiger partial charge < -0.3 is 20.4 Å². The summed E-state index contributed by atoms with van der Waals surface area (Å²) in [6.07, 6.45) is 4.16. The number of carbonyl (C=O) groups excluding carboxylic acids is 3. The summed E-state index contributed by atoms with van der Waals surface area (Å²) in [5.41, 5.74) is 3.39. The largest absolute Gasteiger partial charge is 0.340 e. The van der Waals surface area contributed by atoms with Crippen molar-refractivity contribution in [2.24, 2.45) is 0 Å². The van der Waals surface area contributed by atoms with Crippen molar-refractivity contribution < 1.29 is 14.4 Å². The molecule has 4 aromatic rings. The summed E-state index contributed by atoms with van der Waals surface area (Å²) in [6, 6.07) is 16.8. The topological polar surface area (TPSA) is 124 Å². The van der Waals surface area contributed by atoms with E-state index in [1.807, 2.05) is 55.4 Å². The van der Waals surface area contributed by atoms with Crippen LogP contribution in [-0.2, 0) is 9.59 Å². The second-order valence-electron chi connectivity index (χ2n) is 10.6. The van der Waals surface area contributed by atoms with Gasteiger partial charge in [-0.25, -0.2) is 4.98 Å². The van der Waals surface area contributed by atoms with Crippen molar-refractivity contribution in [3.05, 3.63) is 82.5 Å². The van der Waals surface area contributed by atoms with Crippen molar-refractivity contribution >= 4 is 64.1 Å². The van der Waals surface area contributed by atoms with Crippen molar-refractivity contribution in [1.82, 2.24) is 29.7 Å². The van der Waals surface area contributed by atoms with Crippen LogP contribution in [0.2, 0.25) is 5.02 Å². The standard InChI is InChI=1S/C30H29ClN8O3/c1-37(2)24-9-10-38(17-24)30(42)18-5-3-7-22(12-18)34-26-15-25(33-23-8-4-6-21(31)14-23)35-28-20(16-32-39(26)28)11-19-13-27(40)36-29(19)41/h3-8,11-12,14-16,24,34H,9-10,13,17H2,1-2H3,(H,33,35)(H,36,40,41)/b19-11+. The lowest BCUT2D eigenvalue weighted by atomic mass is 10.1. The zero-order valence-electron chi connectivity index (χ0n) is 23.1. The molecule has 0 spiro atoms. The van der Waals surface area contributed by atoms with E-state index in [9.17, 15) is 14.4 Å². The van der Waals surface area contributed by atoms with Gasteiger partial charge in [0.25, 0.3) is 11.8 Å². The number of rotatable bonds is 7. The van der Waals surface area contributed by atoms with E-state index in [4.69, 9.17) is 16.6 Å². The quantitative estimate of drug-likeness (QED) is 0.219. The van der Waals surface area contributed by atoms with E-state index in [1.165, 1.54) is 0 Å². The summed E-state index contributed by atoms with van der Waals surface area (Å²) < 4.78 is 1.61. The Kier molecular flexibility index (Phi) is 7.36. The van der Waals surface area contributed by atoms with Crippen molar-refractivity contribution in [2.75, 3.05) is 37.8 Å². The number of benzene rings is 2. The van der Waals surface area contributed by atoms with Gasteiger partial charge in [-0.15, -0.1) is 0 Å². The predicted molar refractivity (Wildman–Crippen MR) is 161 cm³/mol. The summed E-state index contributed by atoms with van der Waals surface area (Å²) in [7, 11) is 4.07. The molecule has 3 N–H and O–H groups in total. The number of anilines is 4. The monoisotopic (exact) mass is 584 g/mol. The van der Waals surface area contributed by atoms with Crippen LogP contribution in [0.3, 0.4) is 0 Å². The van der Waals surface area contributed by atoms with E-state index in [0.717, 1.165) is 18.7 Å². The van der Waals surface area contributed by atoms with Crippen LogP contribution in [0.1, 0.15) is 28.8 Å². The zero-order chi connectivity index (χ0) is 29.4. The number of hydrogen-bond acceptors (Lipinski definition) is 8. The first-order valence-electron chi connectivity index (χ1n) is 13.5. The number of nitrogens with zero attached hydrogens (tertiary/aromatic N) is 5. The minimum absolute atomic E-state index is 0.00510. The van der Waals surface area contributed by atoms with Gasteiger partial charge in [-0.2, -0.15) is 9.61 Å². The minimum atomic E-state index is -0.428. The third-order valence-corrected chi connectivity index (χ3v) is 7.62. The molecule has 4 heterocycles. The summed E-state index contributed by atoms with van der Waals surface area (Å²) in [5.74, 6) is 0.283. The fourth-order valence-electron chi connectivity index (χ4n) is 5.17. The number of imide groups is 1. The van der Waals surface area contributed by atoms with Gasteiger partial charge in [-0.05, 0) is 63.0 Å². The molecule has 0 bridgehead atoms. The number of amides is 3. The first-order valence-corrected chi connectivity index (χ1v) is 13.9. The molecule has 42 heavy (non-hydrogen) atoms. The highest BCUT2D eigenvalue weighted by atomic mass is 35.5. The van der Waals surface area contributed by atoms with Crippen LogP contribution in [0.25, 0.3) is 11.7 Å². The molecule has 6 rings (SSSR count). The second-order valence-corrected chi connectivity index (χ2v) is 11.0. The average molecular weight is 585 g/mol. The molecule has 2 aliphatic rings. The lowest BCUT2D eigenvalue weighted by Crippen LogP contribution is -2.34. The van der Waals surface area contributed by atoms with Crippen LogP contribution >= 0.6 is 11.6 Å². The minimum Gasteiger partial charge on any atom is -0.340 e. The van der Waals surface area contributed by atoms with Gasteiger partial charge in [0.15, 0.2) is 5.65 Å². The third-order valence-electron chi connectivity index (χ3n) is 7.38. The molecule has 2 aromatic heterocycles. The van der Waals surface area contributed by atoms with E-state index >= 15 is 0 Å². The molecule has 0 saturated carbocycles. The summed E-state index contributed by atoms with van der Waals surface area (Å²) in [5, 5.41) is 14.0. The first kappa shape index (κ1) is 27.4. The summed E-state index contributed by atoms with van der Waals surface area (Å²) in [4.78, 5) is 46.0. The second kappa shape index (κ2) is 11.3. The lowest BCUT2D eigenvalue weighted by molar-refractivity contribution is -0.124. The van der Waals surface area contributed by atoms with Gasteiger partial charge in [-0.3, -0.25) is 19.7 Å². The van der Waals surface area contributed by atoms with Crippen LogP contribution in [0.4, 0.5) is 23.0 Å². The van der Waals surface area contributed by atoms with Crippen LogP contribution < -0.4 is 16.0 Å². The van der Waals surface area contributed by atoms with Gasteiger partial charge in [0.2, 0.25) is 5.91 Å². The Bertz CT molecular complexity index is 1750. The average Bonchev–Trinajstić information content (AvgIpc) is 3.68. The van der Waals surface area contributed by atoms with Crippen molar-refractivity contribution in [1.29, 1.82) is 0 Å². The molecule has 12 heteroatoms. The van der Waals surface area contributed by atoms with Gasteiger partial charge >= 0.3 is 0 Å². The zero-order valence-corrected chi connectivity index (χ0v) is 23.9. The number of hydrogen-bond donors (Lipinski definition) is 3. The van der Waals surface area contributed by atoms with Crippen molar-refractivity contribution in [3.8, 4) is 0 Å². The SMILES string of the molecule is CN(C)C1CCN(C(=O)c2cccc(Nc3cc(Nc4cccc(Cl)c4)nc4c(/C=C5\CC(=O)NC5=O)cnn34)c2)C1. The van der Waals surface area contributed by atoms with E-state index in [1.54, 1.807) is 35.0 Å². The highest BCUT2D eigenvalue weighted by Gasteiger charge is 2.28. The van der Waals surface area contributed by atoms with Gasteiger partial charge in [0.1, 0.15) is 11.6 Å². The Morgan fingerprint density at radius 1 is 1.10 bits per heavy atom. The molecule has 1 unspecified atom stereocenters. The Morgan fingerprint density at radius 2 is 1.88 bits per heavy atom. The maximum Gasteiger partial charge on any atom is 0.254 e. The molecule has 2 aliphatic heterocycles. The molecule has 214 valence electrons. The molecule has 0 radical (unpaired) electrons. The highest BCUT2D eigenvalue weighted by Crippen LogP contribution is 2.28. The number of carbonyl (C=O) groups is 3. The molecule has 0 aliphatic carbocycles. The Morgan fingerprint density at radius 3 is 2.60 bits per heavy atom. The first-order chi connectivity index (χ1) is 20.2. The number of aromatic nitrogens is 3. The van der Waals surface area contributed by atoms with Gasteiger partial charge in [0, 0.05) is 58.3 Å². The molecule has 1 atom stereocenters. The molecular weight excluding hydrogens is 556 g/mol. The van der Waals surface area contributed by atoms with E-state index in [-0.39, 0.29) is 18.2 Å². The van der Waals surface area contributed by atoms with Crippen LogP contribution in [-0.4, -0.2) is 75.3 Å². The van der Waals surface area contributed by atoms with E-state index < -0.39 is 5.91 Å². The predicted octanol–water partition coefficient (Wildman–Crippen LogP) is 4.08. The molecule has 2 saturated heterocycles. The molecular formula is C30H29ClN8O3. The summed E-state index contributed by atoms with van der Waals surface area (Å²) in [6.45, 7) is 1.42. The fourth-order valence-corrected chi connectivity index (χ4v) is 5.36. The fraction of sp³-hybridized carbons (Fsp3) is 0.233. The normalized spacial score (nSPS) is 17.9.